The molecule has 0 radical (unpaired) electrons. The Kier molecular flexibility index (Phi) is 5.11. The molecule has 142 valence electrons. The third kappa shape index (κ3) is 3.91. The molecule has 0 fully saturated rings. The number of carbonyl (C=O) groups excluding carboxylic acids is 1. The molecule has 10 heteroatoms. The van der Waals surface area contributed by atoms with Crippen LogP contribution in [0.4, 0.5) is 8.78 Å². The first-order chi connectivity index (χ1) is 12.7. The molecule has 0 atom stereocenters. The van der Waals surface area contributed by atoms with Crippen LogP contribution < -0.4 is 4.80 Å². The van der Waals surface area contributed by atoms with Gasteiger partial charge >= 0.3 is 5.97 Å². The van der Waals surface area contributed by atoms with Gasteiger partial charge in [-0.3, -0.25) is 4.79 Å². The van der Waals surface area contributed by atoms with E-state index in [1.54, 1.807) is 19.1 Å². The van der Waals surface area contributed by atoms with Crippen molar-refractivity contribution in [1.29, 1.82) is 0 Å². The van der Waals surface area contributed by atoms with Gasteiger partial charge in [0, 0.05) is 6.07 Å². The van der Waals surface area contributed by atoms with Crippen LogP contribution in [0.1, 0.15) is 5.56 Å². The Balaban J connectivity index is 2.27. The van der Waals surface area contributed by atoms with Crippen LogP contribution in [0.15, 0.2) is 45.7 Å². The molecule has 6 nitrogen and oxygen atoms in total. The maximum atomic E-state index is 14.3. The molecule has 1 aromatic heterocycles. The van der Waals surface area contributed by atoms with Crippen LogP contribution >= 0.6 is 11.3 Å². The van der Waals surface area contributed by atoms with Crippen molar-refractivity contribution in [2.45, 2.75) is 18.4 Å². The molecular weight excluding hydrogens is 398 g/mol. The van der Waals surface area contributed by atoms with Gasteiger partial charge < -0.3 is 9.30 Å². The van der Waals surface area contributed by atoms with Gasteiger partial charge in [0.05, 0.1) is 22.2 Å². The molecule has 0 saturated carbocycles. The van der Waals surface area contributed by atoms with E-state index in [-0.39, 0.29) is 19.9 Å². The zero-order valence-electron chi connectivity index (χ0n) is 14.3. The summed E-state index contributed by atoms with van der Waals surface area (Å²) in [6.07, 6.45) is 0. The second-order valence-electron chi connectivity index (χ2n) is 5.66. The number of nitrogens with zero attached hydrogens (tertiary/aromatic N) is 2. The number of aromatic nitrogens is 1. The number of rotatable bonds is 4. The zero-order valence-corrected chi connectivity index (χ0v) is 15.9. The van der Waals surface area contributed by atoms with Crippen LogP contribution in [0.3, 0.4) is 0 Å². The third-order valence-electron chi connectivity index (χ3n) is 3.73. The predicted octanol–water partition coefficient (Wildman–Crippen LogP) is 2.75. The van der Waals surface area contributed by atoms with Crippen molar-refractivity contribution in [3.8, 4) is 0 Å². The van der Waals surface area contributed by atoms with Gasteiger partial charge in [0.2, 0.25) is 4.80 Å². The molecule has 0 amide bonds. The van der Waals surface area contributed by atoms with E-state index in [2.05, 4.69) is 9.13 Å². The maximum absolute atomic E-state index is 14.3. The van der Waals surface area contributed by atoms with E-state index in [0.717, 1.165) is 34.6 Å². The van der Waals surface area contributed by atoms with E-state index in [1.165, 1.54) is 12.1 Å². The quantitative estimate of drug-likeness (QED) is 0.618. The minimum Gasteiger partial charge on any atom is -0.468 e. The van der Waals surface area contributed by atoms with Crippen LogP contribution in [-0.2, 0) is 26.1 Å². The number of sulfonamides is 1. The van der Waals surface area contributed by atoms with E-state index >= 15 is 0 Å². The molecule has 0 bridgehead atoms. The molecule has 0 spiro atoms. The number of ether oxygens (including phenoxy) is 1. The normalized spacial score (nSPS) is 12.5. The summed E-state index contributed by atoms with van der Waals surface area (Å²) in [6.45, 7) is 1.34. The highest BCUT2D eigenvalue weighted by Crippen LogP contribution is 2.23. The predicted molar refractivity (Wildman–Crippen MR) is 95.7 cm³/mol. The highest BCUT2D eigenvalue weighted by molar-refractivity contribution is 7.90. The van der Waals surface area contributed by atoms with Crippen molar-refractivity contribution in [3.05, 3.63) is 58.4 Å². The highest BCUT2D eigenvalue weighted by Gasteiger charge is 2.19. The first kappa shape index (κ1) is 19.2. The van der Waals surface area contributed by atoms with E-state index in [9.17, 15) is 22.0 Å². The number of aryl methyl sites for hydroxylation is 1. The molecule has 3 aromatic rings. The topological polar surface area (TPSA) is 77.7 Å². The van der Waals surface area contributed by atoms with Gasteiger partial charge in [0.15, 0.2) is 5.82 Å². The molecule has 1 heterocycles. The average molecular weight is 412 g/mol. The summed E-state index contributed by atoms with van der Waals surface area (Å²) in [6, 6.07) is 7.73. The largest absolute Gasteiger partial charge is 0.468 e. The molecule has 2 aromatic carbocycles. The minimum atomic E-state index is -4.12. The first-order valence-electron chi connectivity index (χ1n) is 7.64. The monoisotopic (exact) mass is 412 g/mol. The summed E-state index contributed by atoms with van der Waals surface area (Å²) < 4.78 is 62.5. The number of thiazole rings is 1. The van der Waals surface area contributed by atoms with Gasteiger partial charge in [0.1, 0.15) is 12.4 Å². The summed E-state index contributed by atoms with van der Waals surface area (Å²) in [5.41, 5.74) is 0.749. The summed E-state index contributed by atoms with van der Waals surface area (Å²) in [5, 5.41) is 0. The van der Waals surface area contributed by atoms with Crippen molar-refractivity contribution in [2.24, 2.45) is 4.40 Å². The fourth-order valence-electron chi connectivity index (χ4n) is 2.41. The van der Waals surface area contributed by atoms with Crippen molar-refractivity contribution >= 4 is 37.5 Å². The molecule has 0 saturated heterocycles. The number of carbonyl (C=O) groups is 1. The molecule has 0 unspecified atom stereocenters. The smallest absolute Gasteiger partial charge is 0.325 e. The van der Waals surface area contributed by atoms with Crippen LogP contribution in [0.25, 0.3) is 10.2 Å². The average Bonchev–Trinajstić information content (AvgIpc) is 2.91. The number of halogens is 2. The van der Waals surface area contributed by atoms with Gasteiger partial charge in [-0.1, -0.05) is 29.0 Å². The minimum absolute atomic E-state index is 0.0539. The van der Waals surface area contributed by atoms with Crippen LogP contribution in [-0.4, -0.2) is 26.1 Å². The van der Waals surface area contributed by atoms with Gasteiger partial charge in [-0.15, -0.1) is 4.40 Å². The van der Waals surface area contributed by atoms with E-state index in [0.29, 0.717) is 6.07 Å². The Morgan fingerprint density at radius 2 is 1.89 bits per heavy atom. The molecule has 27 heavy (non-hydrogen) atoms. The lowest BCUT2D eigenvalue weighted by Crippen LogP contribution is -2.23. The lowest BCUT2D eigenvalue weighted by atomic mass is 10.2. The number of hydrogen-bond acceptors (Lipinski definition) is 5. The molecule has 0 N–H and O–H groups in total. The Morgan fingerprint density at radius 3 is 2.52 bits per heavy atom. The maximum Gasteiger partial charge on any atom is 0.325 e. The van der Waals surface area contributed by atoms with Crippen LogP contribution in [0.2, 0.25) is 0 Å². The Hall–Kier alpha value is -2.59. The second kappa shape index (κ2) is 7.20. The number of esters is 1. The van der Waals surface area contributed by atoms with Crippen molar-refractivity contribution in [1.82, 2.24) is 4.57 Å². The van der Waals surface area contributed by atoms with Crippen molar-refractivity contribution in [3.63, 3.8) is 0 Å². The summed E-state index contributed by atoms with van der Waals surface area (Å²) in [4.78, 5) is 11.5. The van der Waals surface area contributed by atoms with E-state index in [1.807, 2.05) is 0 Å². The zero-order chi connectivity index (χ0) is 19.8. The van der Waals surface area contributed by atoms with Gasteiger partial charge in [-0.25, -0.2) is 8.78 Å². The molecule has 0 aliphatic rings. The Labute approximate surface area is 157 Å². The summed E-state index contributed by atoms with van der Waals surface area (Å²) >= 11 is 0.759. The summed E-state index contributed by atoms with van der Waals surface area (Å²) in [5.74, 6) is -2.48. The van der Waals surface area contributed by atoms with Gasteiger partial charge in [0.25, 0.3) is 10.0 Å². The van der Waals surface area contributed by atoms with E-state index in [4.69, 9.17) is 0 Å². The van der Waals surface area contributed by atoms with Crippen molar-refractivity contribution < 1.29 is 26.7 Å². The fraction of sp³-hybridized carbons (Fsp3) is 0.176. The summed E-state index contributed by atoms with van der Waals surface area (Å²) in [7, 11) is -2.97. The van der Waals surface area contributed by atoms with Gasteiger partial charge in [-0.05, 0) is 25.1 Å². The lowest BCUT2D eigenvalue weighted by Gasteiger charge is -2.05. The third-order valence-corrected chi connectivity index (χ3v) is 6.15. The Morgan fingerprint density at radius 1 is 1.22 bits per heavy atom. The van der Waals surface area contributed by atoms with Crippen molar-refractivity contribution in [2.75, 3.05) is 7.11 Å². The number of methoxy groups -OCH3 is 1. The standard InChI is InChI=1S/C17H14F2N2O4S2/c1-10-3-5-12(6-4-10)27(23,24)20-17-21(9-15(22)25-2)16-13(19)7-11(18)8-14(16)26-17/h3-8H,9H2,1-2H3. The molecular formula is C17H14F2N2O4S2. The second-order valence-corrected chi connectivity index (χ2v) is 8.27. The molecule has 0 aliphatic carbocycles. The molecule has 3 rings (SSSR count). The van der Waals surface area contributed by atoms with Crippen LogP contribution in [0.5, 0.6) is 0 Å². The van der Waals surface area contributed by atoms with Crippen LogP contribution in [0, 0.1) is 18.6 Å². The highest BCUT2D eigenvalue weighted by atomic mass is 32.2. The Bertz CT molecular complexity index is 1200. The SMILES string of the molecule is COC(=O)Cn1c(=NS(=O)(=O)c2ccc(C)cc2)sc2cc(F)cc(F)c21. The van der Waals surface area contributed by atoms with Gasteiger partial charge in [-0.2, -0.15) is 8.42 Å². The van der Waals surface area contributed by atoms with E-state index < -0.39 is 34.2 Å². The first-order valence-corrected chi connectivity index (χ1v) is 9.90. The fourth-order valence-corrected chi connectivity index (χ4v) is 4.68. The number of fused-ring (bicyclic) bond motifs is 1. The lowest BCUT2D eigenvalue weighted by molar-refractivity contribution is -0.141. The number of benzene rings is 2. The molecule has 0 aliphatic heterocycles. The number of hydrogen-bond donors (Lipinski definition) is 0.